The average molecular weight is 435 g/mol. The summed E-state index contributed by atoms with van der Waals surface area (Å²) in [6.07, 6.45) is -1.82. The number of hydrogen-bond donors (Lipinski definition) is 1. The number of anilines is 1. The van der Waals surface area contributed by atoms with Crippen molar-refractivity contribution in [1.29, 1.82) is 0 Å². The van der Waals surface area contributed by atoms with Crippen molar-refractivity contribution in [2.75, 3.05) is 12.4 Å². The number of nitrogens with one attached hydrogen (secondary N) is 1. The molecule has 3 rings (SSSR count). The van der Waals surface area contributed by atoms with E-state index in [-0.39, 0.29) is 11.3 Å². The Kier molecular flexibility index (Phi) is 6.17. The molecule has 1 N–H and O–H groups in total. The number of hydrogen-bond acceptors (Lipinski definition) is 4. The molecule has 0 bridgehead atoms. The molecule has 0 spiro atoms. The molecule has 0 radical (unpaired) electrons. The molecular formula is C21H18ClF3N4O. The van der Waals surface area contributed by atoms with Gasteiger partial charge in [0.05, 0.1) is 11.2 Å². The standard InChI is InChI=1S/C21H18ClF3N4O/c1-13(17-12-29(2)28-20(17)21(23,24)25)27-19-7-5-4-6-16(19)14-8-9-15(11-26-30-3)18(22)10-14/h4-12,27H,1H2,2-3H3/b26-11+. The summed E-state index contributed by atoms with van der Waals surface area (Å²) in [5.41, 5.74) is 1.73. The topological polar surface area (TPSA) is 51.4 Å². The number of para-hydroxylation sites is 1. The first-order valence-electron chi connectivity index (χ1n) is 8.73. The molecule has 2 aromatic carbocycles. The van der Waals surface area contributed by atoms with Gasteiger partial charge in [-0.15, -0.1) is 0 Å². The summed E-state index contributed by atoms with van der Waals surface area (Å²) in [5, 5.41) is 10.6. The van der Waals surface area contributed by atoms with E-state index in [4.69, 9.17) is 11.6 Å². The summed E-state index contributed by atoms with van der Waals surface area (Å²) in [5.74, 6) is 0. The molecule has 0 amide bonds. The number of benzene rings is 2. The number of aryl methyl sites for hydroxylation is 1. The summed E-state index contributed by atoms with van der Waals surface area (Å²) in [6.45, 7) is 3.79. The van der Waals surface area contributed by atoms with E-state index >= 15 is 0 Å². The van der Waals surface area contributed by atoms with Gasteiger partial charge in [-0.2, -0.15) is 18.3 Å². The van der Waals surface area contributed by atoms with Gasteiger partial charge < -0.3 is 10.2 Å². The molecule has 3 aromatic rings. The molecule has 0 unspecified atom stereocenters. The zero-order valence-corrected chi connectivity index (χ0v) is 16.9. The van der Waals surface area contributed by atoms with Gasteiger partial charge in [0.2, 0.25) is 0 Å². The lowest BCUT2D eigenvalue weighted by Gasteiger charge is -2.15. The van der Waals surface area contributed by atoms with Crippen LogP contribution in [0.2, 0.25) is 5.02 Å². The fraction of sp³-hybridized carbons (Fsp3) is 0.143. The van der Waals surface area contributed by atoms with Crippen molar-refractivity contribution >= 4 is 29.2 Å². The largest absolute Gasteiger partial charge is 0.435 e. The van der Waals surface area contributed by atoms with Crippen molar-refractivity contribution in [1.82, 2.24) is 9.78 Å². The smallest absolute Gasteiger partial charge is 0.399 e. The zero-order valence-electron chi connectivity index (χ0n) is 16.2. The molecule has 0 saturated heterocycles. The number of oxime groups is 1. The van der Waals surface area contributed by atoms with Crippen LogP contribution < -0.4 is 5.32 Å². The number of halogens is 4. The molecule has 0 saturated carbocycles. The predicted molar refractivity (Wildman–Crippen MR) is 112 cm³/mol. The fourth-order valence-corrected chi connectivity index (χ4v) is 3.13. The Bertz CT molecular complexity index is 1110. The first-order chi connectivity index (χ1) is 14.2. The third kappa shape index (κ3) is 4.65. The molecule has 0 aliphatic rings. The molecule has 156 valence electrons. The summed E-state index contributed by atoms with van der Waals surface area (Å²) in [4.78, 5) is 4.66. The van der Waals surface area contributed by atoms with Crippen LogP contribution in [0.3, 0.4) is 0 Å². The van der Waals surface area contributed by atoms with Crippen LogP contribution in [0.1, 0.15) is 16.8 Å². The van der Waals surface area contributed by atoms with Gasteiger partial charge in [-0.05, 0) is 17.7 Å². The molecule has 0 aliphatic carbocycles. The van der Waals surface area contributed by atoms with E-state index in [0.29, 0.717) is 16.3 Å². The van der Waals surface area contributed by atoms with Gasteiger partial charge in [0, 0.05) is 41.3 Å². The molecule has 5 nitrogen and oxygen atoms in total. The van der Waals surface area contributed by atoms with Crippen molar-refractivity contribution in [2.24, 2.45) is 12.2 Å². The fourth-order valence-electron chi connectivity index (χ4n) is 2.90. The maximum atomic E-state index is 13.3. The predicted octanol–water partition coefficient (Wildman–Crippen LogP) is 5.82. The van der Waals surface area contributed by atoms with E-state index in [2.05, 4.69) is 27.0 Å². The van der Waals surface area contributed by atoms with Crippen LogP contribution in [-0.2, 0) is 18.1 Å². The molecule has 0 aliphatic heterocycles. The highest BCUT2D eigenvalue weighted by atomic mass is 35.5. The molecule has 1 heterocycles. The quantitative estimate of drug-likeness (QED) is 0.392. The van der Waals surface area contributed by atoms with Gasteiger partial charge >= 0.3 is 6.18 Å². The third-order valence-electron chi connectivity index (χ3n) is 4.24. The molecule has 0 fully saturated rings. The Morgan fingerprint density at radius 3 is 2.67 bits per heavy atom. The Balaban J connectivity index is 1.95. The minimum Gasteiger partial charge on any atom is -0.399 e. The normalized spacial score (nSPS) is 11.7. The van der Waals surface area contributed by atoms with E-state index < -0.39 is 11.9 Å². The maximum absolute atomic E-state index is 13.3. The lowest BCUT2D eigenvalue weighted by Crippen LogP contribution is -2.11. The Labute approximate surface area is 176 Å². The van der Waals surface area contributed by atoms with Crippen molar-refractivity contribution < 1.29 is 18.0 Å². The third-order valence-corrected chi connectivity index (χ3v) is 4.57. The summed E-state index contributed by atoms with van der Waals surface area (Å²) in [6, 6.07) is 12.5. The molecule has 0 atom stereocenters. The van der Waals surface area contributed by atoms with E-state index in [9.17, 15) is 13.2 Å². The second kappa shape index (κ2) is 8.62. The van der Waals surface area contributed by atoms with Gasteiger partial charge in [-0.1, -0.05) is 53.7 Å². The van der Waals surface area contributed by atoms with Crippen LogP contribution in [0.15, 0.2) is 60.4 Å². The van der Waals surface area contributed by atoms with Crippen LogP contribution in [-0.4, -0.2) is 23.1 Å². The van der Waals surface area contributed by atoms with Crippen LogP contribution >= 0.6 is 11.6 Å². The van der Waals surface area contributed by atoms with Crippen LogP contribution in [0, 0.1) is 0 Å². The minimum absolute atomic E-state index is 0.0813. The molecule has 9 heteroatoms. The monoisotopic (exact) mass is 434 g/mol. The second-order valence-electron chi connectivity index (χ2n) is 6.37. The van der Waals surface area contributed by atoms with E-state index in [1.54, 1.807) is 24.3 Å². The van der Waals surface area contributed by atoms with Gasteiger partial charge in [-0.3, -0.25) is 4.68 Å². The molecule has 30 heavy (non-hydrogen) atoms. The molecule has 1 aromatic heterocycles. The van der Waals surface area contributed by atoms with Gasteiger partial charge in [0.1, 0.15) is 7.11 Å². The van der Waals surface area contributed by atoms with Gasteiger partial charge in [-0.25, -0.2) is 0 Å². The van der Waals surface area contributed by atoms with Crippen molar-refractivity contribution in [2.45, 2.75) is 6.18 Å². The highest BCUT2D eigenvalue weighted by molar-refractivity contribution is 6.33. The zero-order chi connectivity index (χ0) is 21.9. The lowest BCUT2D eigenvalue weighted by molar-refractivity contribution is -0.141. The van der Waals surface area contributed by atoms with E-state index in [1.165, 1.54) is 26.6 Å². The Morgan fingerprint density at radius 1 is 1.27 bits per heavy atom. The number of aromatic nitrogens is 2. The van der Waals surface area contributed by atoms with E-state index in [1.807, 2.05) is 18.2 Å². The average Bonchev–Trinajstić information content (AvgIpc) is 3.10. The summed E-state index contributed by atoms with van der Waals surface area (Å²) >= 11 is 6.32. The van der Waals surface area contributed by atoms with Gasteiger partial charge in [0.15, 0.2) is 5.69 Å². The lowest BCUT2D eigenvalue weighted by atomic mass is 10.0. The van der Waals surface area contributed by atoms with Crippen molar-refractivity contribution in [3.8, 4) is 11.1 Å². The second-order valence-corrected chi connectivity index (χ2v) is 6.77. The van der Waals surface area contributed by atoms with Crippen LogP contribution in [0.5, 0.6) is 0 Å². The minimum atomic E-state index is -4.59. The van der Waals surface area contributed by atoms with E-state index in [0.717, 1.165) is 15.8 Å². The first kappa shape index (κ1) is 21.4. The first-order valence-corrected chi connectivity index (χ1v) is 9.11. The van der Waals surface area contributed by atoms with Crippen molar-refractivity contribution in [3.05, 3.63) is 77.1 Å². The molecular weight excluding hydrogens is 417 g/mol. The highest BCUT2D eigenvalue weighted by Gasteiger charge is 2.37. The highest BCUT2D eigenvalue weighted by Crippen LogP contribution is 2.36. The van der Waals surface area contributed by atoms with Crippen LogP contribution in [0.25, 0.3) is 16.8 Å². The number of nitrogens with zero attached hydrogens (tertiary/aromatic N) is 3. The summed E-state index contributed by atoms with van der Waals surface area (Å²) < 4.78 is 41.0. The number of rotatable bonds is 6. The van der Waals surface area contributed by atoms with Gasteiger partial charge in [0.25, 0.3) is 0 Å². The number of alkyl halides is 3. The summed E-state index contributed by atoms with van der Waals surface area (Å²) in [7, 11) is 2.86. The Hall–Kier alpha value is -3.26. The Morgan fingerprint density at radius 2 is 2.00 bits per heavy atom. The maximum Gasteiger partial charge on any atom is 0.435 e. The SMILES string of the molecule is C=C(Nc1ccccc1-c1ccc(/C=N/OC)c(Cl)c1)c1cn(C)nc1C(F)(F)F. The van der Waals surface area contributed by atoms with Crippen LogP contribution in [0.4, 0.5) is 18.9 Å². The van der Waals surface area contributed by atoms with Crippen molar-refractivity contribution in [3.63, 3.8) is 0 Å².